The molecule has 0 aliphatic carbocycles. The molecule has 1 N–H and O–H groups in total. The van der Waals surface area contributed by atoms with Gasteiger partial charge in [-0.15, -0.1) is 0 Å². The molecule has 0 spiro atoms. The first-order chi connectivity index (χ1) is 15.9. The number of hydrogen-bond acceptors (Lipinski definition) is 5. The molecule has 33 heavy (non-hydrogen) atoms. The number of rotatable bonds is 8. The van der Waals surface area contributed by atoms with Gasteiger partial charge in [-0.05, 0) is 44.8 Å². The molecule has 0 saturated heterocycles. The third-order valence-corrected chi connectivity index (χ3v) is 5.44. The highest BCUT2D eigenvalue weighted by Gasteiger charge is 2.19. The highest BCUT2D eigenvalue weighted by molar-refractivity contribution is 6.07. The molecule has 0 radical (unpaired) electrons. The van der Waals surface area contributed by atoms with Crippen LogP contribution >= 0.6 is 0 Å². The van der Waals surface area contributed by atoms with Gasteiger partial charge in [0, 0.05) is 25.7 Å². The summed E-state index contributed by atoms with van der Waals surface area (Å²) in [7, 11) is 5.87. The summed E-state index contributed by atoms with van der Waals surface area (Å²) in [6.07, 6.45) is 0. The fraction of sp³-hybridized carbons (Fsp3) is 0.269. The SMILES string of the molecule is Cc1nn(C)c2nc(-c3ccccc3)cc(C(=O)NCc3cccc(OCCN(C)C)c3)c12. The lowest BCUT2D eigenvalue weighted by Gasteiger charge is -2.12. The summed E-state index contributed by atoms with van der Waals surface area (Å²) in [6.45, 7) is 3.75. The molecule has 0 bridgehead atoms. The van der Waals surface area contributed by atoms with Gasteiger partial charge in [-0.2, -0.15) is 5.10 Å². The zero-order chi connectivity index (χ0) is 23.4. The van der Waals surface area contributed by atoms with Gasteiger partial charge in [-0.25, -0.2) is 4.98 Å². The number of nitrogens with zero attached hydrogens (tertiary/aromatic N) is 4. The van der Waals surface area contributed by atoms with E-state index in [2.05, 4.69) is 15.3 Å². The van der Waals surface area contributed by atoms with E-state index >= 15 is 0 Å². The van der Waals surface area contributed by atoms with E-state index < -0.39 is 0 Å². The fourth-order valence-corrected chi connectivity index (χ4v) is 3.75. The number of carbonyl (C=O) groups is 1. The molecule has 1 amide bonds. The number of hydrogen-bond donors (Lipinski definition) is 1. The number of benzene rings is 2. The Morgan fingerprint density at radius 2 is 1.88 bits per heavy atom. The predicted octanol–water partition coefficient (Wildman–Crippen LogP) is 3.81. The first kappa shape index (κ1) is 22.5. The number of aryl methyl sites for hydroxylation is 2. The van der Waals surface area contributed by atoms with Gasteiger partial charge in [-0.3, -0.25) is 9.48 Å². The maximum absolute atomic E-state index is 13.3. The quantitative estimate of drug-likeness (QED) is 0.448. The van der Waals surface area contributed by atoms with Crippen molar-refractivity contribution in [1.82, 2.24) is 25.0 Å². The third kappa shape index (κ3) is 5.21. The Morgan fingerprint density at radius 3 is 2.64 bits per heavy atom. The maximum Gasteiger partial charge on any atom is 0.252 e. The van der Waals surface area contributed by atoms with E-state index in [1.807, 2.05) is 88.7 Å². The van der Waals surface area contributed by atoms with Crippen molar-refractivity contribution in [1.29, 1.82) is 0 Å². The summed E-state index contributed by atoms with van der Waals surface area (Å²) in [6, 6.07) is 19.5. The lowest BCUT2D eigenvalue weighted by Crippen LogP contribution is -2.23. The van der Waals surface area contributed by atoms with Crippen LogP contribution in [0, 0.1) is 6.92 Å². The molecule has 2 heterocycles. The molecule has 0 aliphatic rings. The smallest absolute Gasteiger partial charge is 0.252 e. The van der Waals surface area contributed by atoms with E-state index in [0.717, 1.165) is 40.2 Å². The van der Waals surface area contributed by atoms with E-state index in [9.17, 15) is 4.79 Å². The van der Waals surface area contributed by atoms with Crippen LogP contribution in [0.5, 0.6) is 5.75 Å². The number of fused-ring (bicyclic) bond motifs is 1. The second-order valence-electron chi connectivity index (χ2n) is 8.31. The van der Waals surface area contributed by atoms with E-state index in [1.54, 1.807) is 4.68 Å². The van der Waals surface area contributed by atoms with Crippen LogP contribution < -0.4 is 10.1 Å². The fourth-order valence-electron chi connectivity index (χ4n) is 3.75. The lowest BCUT2D eigenvalue weighted by molar-refractivity contribution is 0.0952. The van der Waals surface area contributed by atoms with Gasteiger partial charge in [0.1, 0.15) is 12.4 Å². The number of carbonyl (C=O) groups excluding carboxylic acids is 1. The number of likely N-dealkylation sites (N-methyl/N-ethyl adjacent to an activating group) is 1. The van der Waals surface area contributed by atoms with E-state index in [4.69, 9.17) is 9.72 Å². The molecule has 7 heteroatoms. The van der Waals surface area contributed by atoms with Crippen LogP contribution in [-0.2, 0) is 13.6 Å². The Kier molecular flexibility index (Phi) is 6.70. The monoisotopic (exact) mass is 443 g/mol. The van der Waals surface area contributed by atoms with Crippen molar-refractivity contribution in [2.24, 2.45) is 7.05 Å². The molecule has 0 saturated carbocycles. The van der Waals surface area contributed by atoms with Crippen molar-refractivity contribution in [3.8, 4) is 17.0 Å². The number of nitrogens with one attached hydrogen (secondary N) is 1. The average molecular weight is 444 g/mol. The first-order valence-electron chi connectivity index (χ1n) is 11.0. The Balaban J connectivity index is 1.57. The van der Waals surface area contributed by atoms with Gasteiger partial charge in [-0.1, -0.05) is 42.5 Å². The molecule has 0 aliphatic heterocycles. The minimum absolute atomic E-state index is 0.158. The molecular formula is C26H29N5O2. The summed E-state index contributed by atoms with van der Waals surface area (Å²) in [5, 5.41) is 8.32. The molecule has 0 atom stereocenters. The van der Waals surface area contributed by atoms with Crippen LogP contribution in [0.3, 0.4) is 0 Å². The molecule has 2 aromatic carbocycles. The Bertz CT molecular complexity index is 1260. The van der Waals surface area contributed by atoms with Crippen LogP contribution in [0.15, 0.2) is 60.7 Å². The van der Waals surface area contributed by atoms with Gasteiger partial charge >= 0.3 is 0 Å². The van der Waals surface area contributed by atoms with Gasteiger partial charge in [0.05, 0.1) is 22.3 Å². The van der Waals surface area contributed by atoms with Gasteiger partial charge in [0.2, 0.25) is 0 Å². The van der Waals surface area contributed by atoms with Crippen molar-refractivity contribution in [2.75, 3.05) is 27.2 Å². The standard InChI is InChI=1S/C26H29N5O2/c1-18-24-22(16-23(20-10-6-5-7-11-20)28-25(24)31(4)29-18)26(32)27-17-19-9-8-12-21(15-19)33-14-13-30(2)3/h5-12,15-16H,13-14,17H2,1-4H3,(H,27,32). The molecule has 170 valence electrons. The van der Waals surface area contributed by atoms with E-state index in [-0.39, 0.29) is 5.91 Å². The largest absolute Gasteiger partial charge is 0.492 e. The van der Waals surface area contributed by atoms with Crippen molar-refractivity contribution < 1.29 is 9.53 Å². The minimum atomic E-state index is -0.158. The zero-order valence-corrected chi connectivity index (χ0v) is 19.5. The second kappa shape index (κ2) is 9.83. The number of aromatic nitrogens is 3. The molecule has 0 unspecified atom stereocenters. The highest BCUT2D eigenvalue weighted by atomic mass is 16.5. The van der Waals surface area contributed by atoms with Crippen LogP contribution in [0.2, 0.25) is 0 Å². The first-order valence-corrected chi connectivity index (χ1v) is 11.0. The Morgan fingerprint density at radius 1 is 1.09 bits per heavy atom. The van der Waals surface area contributed by atoms with Crippen LogP contribution in [0.1, 0.15) is 21.6 Å². The normalized spacial score (nSPS) is 11.2. The predicted molar refractivity (Wildman–Crippen MR) is 130 cm³/mol. The molecule has 2 aromatic heterocycles. The van der Waals surface area contributed by atoms with Crippen LogP contribution in [0.4, 0.5) is 0 Å². The van der Waals surface area contributed by atoms with Crippen molar-refractivity contribution in [3.63, 3.8) is 0 Å². The van der Waals surface area contributed by atoms with Crippen molar-refractivity contribution in [2.45, 2.75) is 13.5 Å². The lowest BCUT2D eigenvalue weighted by atomic mass is 10.0. The number of ether oxygens (including phenoxy) is 1. The third-order valence-electron chi connectivity index (χ3n) is 5.44. The average Bonchev–Trinajstić information content (AvgIpc) is 3.11. The van der Waals surface area contributed by atoms with Crippen LogP contribution in [-0.4, -0.2) is 52.8 Å². The minimum Gasteiger partial charge on any atom is -0.492 e. The maximum atomic E-state index is 13.3. The topological polar surface area (TPSA) is 72.3 Å². The van der Waals surface area contributed by atoms with Gasteiger partial charge in [0.15, 0.2) is 5.65 Å². The van der Waals surface area contributed by atoms with E-state index in [0.29, 0.717) is 24.4 Å². The van der Waals surface area contributed by atoms with Gasteiger partial charge in [0.25, 0.3) is 5.91 Å². The summed E-state index contributed by atoms with van der Waals surface area (Å²) in [5.41, 5.74) is 4.71. The molecule has 4 aromatic rings. The molecular weight excluding hydrogens is 414 g/mol. The summed E-state index contributed by atoms with van der Waals surface area (Å²) >= 11 is 0. The summed E-state index contributed by atoms with van der Waals surface area (Å²) < 4.78 is 7.54. The molecule has 7 nitrogen and oxygen atoms in total. The highest BCUT2D eigenvalue weighted by Crippen LogP contribution is 2.27. The van der Waals surface area contributed by atoms with Crippen molar-refractivity contribution >= 4 is 16.9 Å². The van der Waals surface area contributed by atoms with Crippen molar-refractivity contribution in [3.05, 3.63) is 77.5 Å². The summed E-state index contributed by atoms with van der Waals surface area (Å²) in [5.74, 6) is 0.638. The second-order valence-corrected chi connectivity index (χ2v) is 8.31. The number of amides is 1. The van der Waals surface area contributed by atoms with Crippen LogP contribution in [0.25, 0.3) is 22.3 Å². The Hall–Kier alpha value is -3.71. The van der Waals surface area contributed by atoms with Gasteiger partial charge < -0.3 is 15.0 Å². The molecule has 0 fully saturated rings. The Labute approximate surface area is 194 Å². The zero-order valence-electron chi connectivity index (χ0n) is 19.5. The van der Waals surface area contributed by atoms with E-state index in [1.165, 1.54) is 0 Å². The molecule has 4 rings (SSSR count). The number of pyridine rings is 1. The summed E-state index contributed by atoms with van der Waals surface area (Å²) in [4.78, 5) is 20.1.